The van der Waals surface area contributed by atoms with Gasteiger partial charge in [-0.25, -0.2) is 4.98 Å². The molecule has 1 N–H and O–H groups in total. The summed E-state index contributed by atoms with van der Waals surface area (Å²) in [4.78, 5) is 9.10. The van der Waals surface area contributed by atoms with E-state index < -0.39 is 0 Å². The number of nitrogens with zero attached hydrogens (tertiary/aromatic N) is 2. The largest absolute Gasteiger partial charge is 0.308 e. The first kappa shape index (κ1) is 13.5. The number of hydrogen-bond donors (Lipinski definition) is 1. The van der Waals surface area contributed by atoms with Crippen LogP contribution >= 0.6 is 11.3 Å². The van der Waals surface area contributed by atoms with Crippen LogP contribution < -0.4 is 5.32 Å². The summed E-state index contributed by atoms with van der Waals surface area (Å²) in [6.07, 6.45) is 6.14. The molecule has 1 aliphatic heterocycles. The first-order valence-electron chi connectivity index (χ1n) is 7.57. The molecule has 0 bridgehead atoms. The Bertz CT molecular complexity index is 423. The fourth-order valence-electron chi connectivity index (χ4n) is 3.39. The molecule has 106 valence electrons. The molecule has 0 amide bonds. The number of nitrogens with one attached hydrogen (secondary N) is 1. The highest BCUT2D eigenvalue weighted by Crippen LogP contribution is 2.39. The summed E-state index contributed by atoms with van der Waals surface area (Å²) in [5.74, 6) is 0. The van der Waals surface area contributed by atoms with Crippen LogP contribution in [0.3, 0.4) is 0 Å². The number of rotatable bonds is 3. The quantitative estimate of drug-likeness (QED) is 0.921. The third kappa shape index (κ3) is 2.34. The summed E-state index contributed by atoms with van der Waals surface area (Å²) in [6.45, 7) is 6.96. The maximum Gasteiger partial charge on any atom is 0.113 e. The van der Waals surface area contributed by atoms with Gasteiger partial charge in [-0.2, -0.15) is 0 Å². The van der Waals surface area contributed by atoms with Crippen molar-refractivity contribution in [2.45, 2.75) is 57.5 Å². The maximum atomic E-state index is 4.96. The van der Waals surface area contributed by atoms with Gasteiger partial charge in [-0.3, -0.25) is 0 Å². The fourth-order valence-corrected chi connectivity index (χ4v) is 4.79. The summed E-state index contributed by atoms with van der Waals surface area (Å²) in [5, 5.41) is 4.95. The summed E-state index contributed by atoms with van der Waals surface area (Å²) in [6, 6.07) is 0.663. The molecule has 3 rings (SSSR count). The average Bonchev–Trinajstić information content (AvgIpc) is 2.99. The van der Waals surface area contributed by atoms with Crippen LogP contribution in [0.4, 0.5) is 0 Å². The molecule has 0 spiro atoms. The van der Waals surface area contributed by atoms with Crippen LogP contribution in [0, 0.1) is 0 Å². The Kier molecular flexibility index (Phi) is 3.67. The van der Waals surface area contributed by atoms with Crippen molar-refractivity contribution in [1.82, 2.24) is 15.2 Å². The topological polar surface area (TPSA) is 28.2 Å². The van der Waals surface area contributed by atoms with Gasteiger partial charge in [0.15, 0.2) is 0 Å². The first-order valence-corrected chi connectivity index (χ1v) is 8.38. The number of likely N-dealkylation sites (tertiary alicyclic amines) is 1. The Labute approximate surface area is 120 Å². The van der Waals surface area contributed by atoms with E-state index in [1.807, 2.05) is 11.3 Å². The Morgan fingerprint density at radius 1 is 1.26 bits per heavy atom. The van der Waals surface area contributed by atoms with Crippen LogP contribution in [0.25, 0.3) is 0 Å². The zero-order valence-corrected chi connectivity index (χ0v) is 13.1. The second-order valence-electron chi connectivity index (χ2n) is 6.20. The van der Waals surface area contributed by atoms with E-state index >= 15 is 0 Å². The van der Waals surface area contributed by atoms with E-state index in [0.29, 0.717) is 6.04 Å². The van der Waals surface area contributed by atoms with E-state index in [1.165, 1.54) is 55.9 Å². The zero-order valence-electron chi connectivity index (χ0n) is 12.3. The van der Waals surface area contributed by atoms with Crippen molar-refractivity contribution >= 4 is 11.3 Å². The van der Waals surface area contributed by atoms with Crippen molar-refractivity contribution in [2.75, 3.05) is 20.1 Å². The summed E-state index contributed by atoms with van der Waals surface area (Å²) in [5.41, 5.74) is 1.53. The number of aromatic nitrogens is 1. The van der Waals surface area contributed by atoms with Gasteiger partial charge in [0.05, 0.1) is 11.2 Å². The van der Waals surface area contributed by atoms with E-state index in [2.05, 4.69) is 31.1 Å². The second-order valence-corrected chi connectivity index (χ2v) is 7.29. The number of hydrogen-bond acceptors (Lipinski definition) is 4. The molecule has 1 fully saturated rings. The smallest absolute Gasteiger partial charge is 0.113 e. The lowest BCUT2D eigenvalue weighted by Crippen LogP contribution is -2.51. The van der Waals surface area contributed by atoms with Crippen molar-refractivity contribution < 1.29 is 0 Å². The third-order valence-corrected chi connectivity index (χ3v) is 6.23. The van der Waals surface area contributed by atoms with Gasteiger partial charge in [-0.05, 0) is 53.0 Å². The standard InChI is InChI=1S/C15H25N3S/c1-11(2)18-9-7-15(16-3,8-10-18)14-17-12-5-4-6-13(12)19-14/h11,16H,4-10H2,1-3H3. The van der Waals surface area contributed by atoms with E-state index in [-0.39, 0.29) is 5.54 Å². The molecule has 2 aliphatic rings. The molecule has 1 aromatic heterocycles. The minimum Gasteiger partial charge on any atom is -0.308 e. The Morgan fingerprint density at radius 3 is 2.58 bits per heavy atom. The minimum absolute atomic E-state index is 0.139. The molecule has 1 saturated heterocycles. The van der Waals surface area contributed by atoms with E-state index in [0.717, 1.165) is 0 Å². The molecule has 1 aromatic rings. The van der Waals surface area contributed by atoms with Crippen LogP contribution in [-0.2, 0) is 18.4 Å². The summed E-state index contributed by atoms with van der Waals surface area (Å²) in [7, 11) is 2.11. The molecule has 19 heavy (non-hydrogen) atoms. The monoisotopic (exact) mass is 279 g/mol. The number of aryl methyl sites for hydroxylation is 2. The van der Waals surface area contributed by atoms with E-state index in [4.69, 9.17) is 4.98 Å². The molecule has 1 aliphatic carbocycles. The Hall–Kier alpha value is -0.450. The van der Waals surface area contributed by atoms with Crippen molar-refractivity contribution in [3.05, 3.63) is 15.6 Å². The molecular weight excluding hydrogens is 254 g/mol. The summed E-state index contributed by atoms with van der Waals surface area (Å²) < 4.78 is 0. The van der Waals surface area contributed by atoms with Gasteiger partial charge in [0.25, 0.3) is 0 Å². The van der Waals surface area contributed by atoms with E-state index in [9.17, 15) is 0 Å². The van der Waals surface area contributed by atoms with Gasteiger partial charge in [-0.15, -0.1) is 11.3 Å². The molecule has 0 saturated carbocycles. The number of piperidine rings is 1. The average molecular weight is 279 g/mol. The summed E-state index contributed by atoms with van der Waals surface area (Å²) >= 11 is 1.97. The van der Waals surface area contributed by atoms with Gasteiger partial charge < -0.3 is 10.2 Å². The van der Waals surface area contributed by atoms with Crippen LogP contribution in [0.5, 0.6) is 0 Å². The van der Waals surface area contributed by atoms with Gasteiger partial charge in [0.1, 0.15) is 5.01 Å². The highest BCUT2D eigenvalue weighted by Gasteiger charge is 2.38. The van der Waals surface area contributed by atoms with Crippen LogP contribution in [0.1, 0.15) is 48.7 Å². The zero-order chi connectivity index (χ0) is 13.5. The lowest BCUT2D eigenvalue weighted by molar-refractivity contribution is 0.114. The molecule has 0 atom stereocenters. The van der Waals surface area contributed by atoms with Gasteiger partial charge in [-0.1, -0.05) is 0 Å². The lowest BCUT2D eigenvalue weighted by Gasteiger charge is -2.42. The fraction of sp³-hybridized carbons (Fsp3) is 0.800. The molecular formula is C15H25N3S. The highest BCUT2D eigenvalue weighted by molar-refractivity contribution is 7.12. The maximum absolute atomic E-state index is 4.96. The highest BCUT2D eigenvalue weighted by atomic mass is 32.1. The normalized spacial score (nSPS) is 22.9. The van der Waals surface area contributed by atoms with Crippen LogP contribution in [-0.4, -0.2) is 36.1 Å². The number of thiazole rings is 1. The van der Waals surface area contributed by atoms with Gasteiger partial charge in [0.2, 0.25) is 0 Å². The van der Waals surface area contributed by atoms with Crippen molar-refractivity contribution in [1.29, 1.82) is 0 Å². The Balaban J connectivity index is 1.80. The molecule has 0 unspecified atom stereocenters. The SMILES string of the molecule is CNC1(c2nc3c(s2)CCC3)CCN(C(C)C)CC1. The lowest BCUT2D eigenvalue weighted by atomic mass is 9.87. The molecule has 0 aromatic carbocycles. The van der Waals surface area contributed by atoms with Gasteiger partial charge in [0, 0.05) is 24.0 Å². The van der Waals surface area contributed by atoms with Crippen molar-refractivity contribution in [3.63, 3.8) is 0 Å². The molecule has 2 heterocycles. The van der Waals surface area contributed by atoms with Crippen LogP contribution in [0.2, 0.25) is 0 Å². The second kappa shape index (κ2) is 5.15. The first-order chi connectivity index (χ1) is 9.14. The Morgan fingerprint density at radius 2 is 2.00 bits per heavy atom. The predicted molar refractivity (Wildman–Crippen MR) is 80.8 cm³/mol. The van der Waals surface area contributed by atoms with Crippen molar-refractivity contribution in [2.24, 2.45) is 0 Å². The van der Waals surface area contributed by atoms with E-state index in [1.54, 1.807) is 4.88 Å². The third-order valence-electron chi connectivity index (χ3n) is 4.87. The predicted octanol–water partition coefficient (Wildman–Crippen LogP) is 2.55. The van der Waals surface area contributed by atoms with Crippen LogP contribution in [0.15, 0.2) is 0 Å². The van der Waals surface area contributed by atoms with Gasteiger partial charge >= 0.3 is 0 Å². The number of fused-ring (bicyclic) bond motifs is 1. The minimum atomic E-state index is 0.139. The molecule has 4 heteroatoms. The molecule has 3 nitrogen and oxygen atoms in total. The van der Waals surface area contributed by atoms with Crippen molar-refractivity contribution in [3.8, 4) is 0 Å². The molecule has 0 radical (unpaired) electrons.